The maximum atomic E-state index is 12.2. The van der Waals surface area contributed by atoms with Crippen molar-refractivity contribution >= 4 is 17.6 Å². The predicted octanol–water partition coefficient (Wildman–Crippen LogP) is 2.59. The van der Waals surface area contributed by atoms with Crippen LogP contribution in [0.1, 0.15) is 34.6 Å². The fraction of sp³-hybridized carbons (Fsp3) is 0.133. The third-order valence-corrected chi connectivity index (χ3v) is 3.14. The van der Waals surface area contributed by atoms with E-state index in [-0.39, 0.29) is 5.84 Å². The molecular formula is C15H14N2O3. The van der Waals surface area contributed by atoms with E-state index in [4.69, 9.17) is 5.21 Å². The van der Waals surface area contributed by atoms with Crippen molar-refractivity contribution in [2.75, 3.05) is 0 Å². The monoisotopic (exact) mass is 270 g/mol. The van der Waals surface area contributed by atoms with Crippen LogP contribution in [0, 0.1) is 0 Å². The second-order valence-corrected chi connectivity index (χ2v) is 4.56. The fourth-order valence-electron chi connectivity index (χ4n) is 1.85. The van der Waals surface area contributed by atoms with Crippen molar-refractivity contribution in [3.63, 3.8) is 0 Å². The summed E-state index contributed by atoms with van der Waals surface area (Å²) in [4.78, 5) is 25.3. The molecule has 0 aromatic heterocycles. The summed E-state index contributed by atoms with van der Waals surface area (Å²) >= 11 is 0. The predicted molar refractivity (Wildman–Crippen MR) is 74.7 cm³/mol. The summed E-state index contributed by atoms with van der Waals surface area (Å²) in [7, 11) is 0. The van der Waals surface area contributed by atoms with Crippen LogP contribution < -0.4 is 0 Å². The number of hydrogen-bond donors (Lipinski definition) is 1. The summed E-state index contributed by atoms with van der Waals surface area (Å²) in [5.41, 5.74) is 2.08. The third kappa shape index (κ3) is 2.14. The van der Waals surface area contributed by atoms with Gasteiger partial charge in [-0.3, -0.25) is 9.59 Å². The largest absolute Gasteiger partial charge is 0.409 e. The number of imide groups is 1. The topological polar surface area (TPSA) is 70.0 Å². The highest BCUT2D eigenvalue weighted by Crippen LogP contribution is 2.23. The van der Waals surface area contributed by atoms with Crippen molar-refractivity contribution in [3.05, 3.63) is 59.2 Å². The van der Waals surface area contributed by atoms with Crippen molar-refractivity contribution in [2.24, 2.45) is 5.16 Å². The normalized spacial score (nSPS) is 15.6. The maximum Gasteiger partial charge on any atom is 0.267 e. The molecule has 0 aliphatic carbocycles. The number of fused-ring (bicyclic) bond motifs is 1. The lowest BCUT2D eigenvalue weighted by Crippen LogP contribution is -2.35. The number of amidine groups is 1. The van der Waals surface area contributed by atoms with Crippen molar-refractivity contribution in [3.8, 4) is 0 Å². The number of benzene rings is 1. The molecule has 2 rings (SSSR count). The molecule has 1 aliphatic heterocycles. The average Bonchev–Trinajstić information content (AvgIpc) is 2.69. The summed E-state index contributed by atoms with van der Waals surface area (Å²) in [6.45, 7) is 7.29. The molecule has 20 heavy (non-hydrogen) atoms. The molecule has 1 aromatic rings. The number of amides is 2. The highest BCUT2D eigenvalue weighted by Gasteiger charge is 2.38. The lowest BCUT2D eigenvalue weighted by Gasteiger charge is -2.13. The number of carbonyl (C=O) groups excluding carboxylic acids is 2. The van der Waals surface area contributed by atoms with E-state index in [2.05, 4.69) is 11.7 Å². The summed E-state index contributed by atoms with van der Waals surface area (Å²) in [5.74, 6) is -1.11. The van der Waals surface area contributed by atoms with Crippen molar-refractivity contribution in [2.45, 2.75) is 13.8 Å². The molecule has 0 saturated carbocycles. The van der Waals surface area contributed by atoms with Gasteiger partial charge in [0, 0.05) is 0 Å². The molecule has 1 N–H and O–H groups in total. The molecular weight excluding hydrogens is 256 g/mol. The minimum absolute atomic E-state index is 0.114. The van der Waals surface area contributed by atoms with Gasteiger partial charge in [0.25, 0.3) is 11.8 Å². The van der Waals surface area contributed by atoms with Gasteiger partial charge in [0.1, 0.15) is 0 Å². The second kappa shape index (κ2) is 5.13. The SMILES string of the molecule is C=C(C)/C(C)=C\C(=N\O)N1C(=O)c2ccccc2C1=O. The smallest absolute Gasteiger partial charge is 0.267 e. The molecule has 102 valence electrons. The number of rotatable bonds is 2. The van der Waals surface area contributed by atoms with Crippen LogP contribution in [0.3, 0.4) is 0 Å². The summed E-state index contributed by atoms with van der Waals surface area (Å²) in [5, 5.41) is 12.2. The lowest BCUT2D eigenvalue weighted by atomic mass is 10.1. The Balaban J connectivity index is 2.45. The zero-order valence-electron chi connectivity index (χ0n) is 11.3. The number of allylic oxidation sites excluding steroid dienone is 2. The third-order valence-electron chi connectivity index (χ3n) is 3.14. The molecule has 2 amide bonds. The van der Waals surface area contributed by atoms with Crippen LogP contribution in [-0.4, -0.2) is 27.8 Å². The quantitative estimate of drug-likeness (QED) is 0.224. The van der Waals surface area contributed by atoms with Crippen LogP contribution in [0.15, 0.2) is 53.2 Å². The number of nitrogens with zero attached hydrogens (tertiary/aromatic N) is 2. The van der Waals surface area contributed by atoms with E-state index in [0.29, 0.717) is 16.7 Å². The van der Waals surface area contributed by atoms with E-state index in [0.717, 1.165) is 10.5 Å². The molecule has 0 bridgehead atoms. The Morgan fingerprint density at radius 1 is 1.20 bits per heavy atom. The average molecular weight is 270 g/mol. The Bertz CT molecular complexity index is 636. The van der Waals surface area contributed by atoms with Gasteiger partial charge in [-0.25, -0.2) is 4.90 Å². The van der Waals surface area contributed by atoms with Gasteiger partial charge in [-0.1, -0.05) is 29.4 Å². The number of oxime groups is 1. The van der Waals surface area contributed by atoms with E-state index in [1.165, 1.54) is 6.08 Å². The van der Waals surface area contributed by atoms with Gasteiger partial charge in [0.2, 0.25) is 0 Å². The van der Waals surface area contributed by atoms with Crippen LogP contribution in [0.2, 0.25) is 0 Å². The van der Waals surface area contributed by atoms with Gasteiger partial charge in [0.05, 0.1) is 11.1 Å². The molecule has 1 heterocycles. The van der Waals surface area contributed by atoms with Gasteiger partial charge in [-0.2, -0.15) is 0 Å². The zero-order valence-corrected chi connectivity index (χ0v) is 11.3. The molecule has 1 aromatic carbocycles. The molecule has 1 aliphatic rings. The summed E-state index contributed by atoms with van der Waals surface area (Å²) in [6, 6.07) is 6.50. The Kier molecular flexibility index (Phi) is 3.52. The lowest BCUT2D eigenvalue weighted by molar-refractivity contribution is 0.0744. The van der Waals surface area contributed by atoms with Crippen LogP contribution >= 0.6 is 0 Å². The van der Waals surface area contributed by atoms with Gasteiger partial charge in [0.15, 0.2) is 5.84 Å². The highest BCUT2D eigenvalue weighted by molar-refractivity contribution is 6.31. The van der Waals surface area contributed by atoms with Gasteiger partial charge in [-0.05, 0) is 37.6 Å². The first-order valence-corrected chi connectivity index (χ1v) is 6.01. The fourth-order valence-corrected chi connectivity index (χ4v) is 1.85. The van der Waals surface area contributed by atoms with E-state index in [1.54, 1.807) is 38.1 Å². The number of carbonyl (C=O) groups is 2. The molecule has 0 saturated heterocycles. The molecule has 0 unspecified atom stereocenters. The molecule has 5 heteroatoms. The van der Waals surface area contributed by atoms with Gasteiger partial charge < -0.3 is 5.21 Å². The van der Waals surface area contributed by atoms with Crippen molar-refractivity contribution in [1.82, 2.24) is 4.90 Å². The first-order valence-electron chi connectivity index (χ1n) is 6.01. The Morgan fingerprint density at radius 3 is 2.10 bits per heavy atom. The van der Waals surface area contributed by atoms with E-state index in [9.17, 15) is 9.59 Å². The van der Waals surface area contributed by atoms with Gasteiger partial charge in [-0.15, -0.1) is 0 Å². The van der Waals surface area contributed by atoms with Crippen molar-refractivity contribution < 1.29 is 14.8 Å². The van der Waals surface area contributed by atoms with E-state index in [1.807, 2.05) is 0 Å². The highest BCUT2D eigenvalue weighted by atomic mass is 16.4. The standard InChI is InChI=1S/C15H14N2O3/c1-9(2)10(3)8-13(16-20)17-14(18)11-6-4-5-7-12(11)15(17)19/h4-8,20H,1H2,2-3H3/b10-8-,16-13-. The molecule has 0 radical (unpaired) electrons. The Morgan fingerprint density at radius 2 is 1.70 bits per heavy atom. The van der Waals surface area contributed by atoms with Crippen LogP contribution in [0.5, 0.6) is 0 Å². The number of hydrogen-bond acceptors (Lipinski definition) is 4. The molecule has 0 fully saturated rings. The molecule has 5 nitrogen and oxygen atoms in total. The molecule has 0 atom stereocenters. The zero-order chi connectivity index (χ0) is 14.9. The van der Waals surface area contributed by atoms with Crippen LogP contribution in [-0.2, 0) is 0 Å². The summed E-state index contributed by atoms with van der Waals surface area (Å²) in [6.07, 6.45) is 1.45. The van der Waals surface area contributed by atoms with E-state index < -0.39 is 11.8 Å². The first kappa shape index (κ1) is 13.7. The first-order chi connectivity index (χ1) is 9.47. The Labute approximate surface area is 116 Å². The van der Waals surface area contributed by atoms with Crippen LogP contribution in [0.4, 0.5) is 0 Å². The van der Waals surface area contributed by atoms with Crippen LogP contribution in [0.25, 0.3) is 0 Å². The minimum Gasteiger partial charge on any atom is -0.409 e. The minimum atomic E-state index is -0.496. The van der Waals surface area contributed by atoms with E-state index >= 15 is 0 Å². The summed E-state index contributed by atoms with van der Waals surface area (Å²) < 4.78 is 0. The van der Waals surface area contributed by atoms with Crippen molar-refractivity contribution in [1.29, 1.82) is 0 Å². The Hall–Kier alpha value is -2.69. The molecule has 0 spiro atoms. The second-order valence-electron chi connectivity index (χ2n) is 4.56. The maximum absolute atomic E-state index is 12.2. The van der Waals surface area contributed by atoms with Gasteiger partial charge >= 0.3 is 0 Å².